The standard InChI is InChI=1S/C2H4.ClH.2H2N.Pt/c1-2;;;;/h1-2H2;1H;2*1H2;/q;;2*-1;+2. The minimum atomic E-state index is -1.69. The molecular formula is C2H9ClN2Pt. The third-order valence-electron chi connectivity index (χ3n) is 0.523. The third kappa shape index (κ3) is 2.14. The van der Waals surface area contributed by atoms with Gasteiger partial charge in [-0.2, -0.15) is 0 Å². The monoisotopic (exact) mass is 291 g/mol. The molecule has 1 aliphatic heterocycles. The molecule has 0 saturated carbocycles. The van der Waals surface area contributed by atoms with Gasteiger partial charge < -0.3 is 0 Å². The summed E-state index contributed by atoms with van der Waals surface area (Å²) in [5.41, 5.74) is 0. The summed E-state index contributed by atoms with van der Waals surface area (Å²) < 4.78 is 10.8. The Hall–Kier alpha value is 0.898. The number of rotatable bonds is 0. The van der Waals surface area contributed by atoms with Gasteiger partial charge in [0.05, 0.1) is 0 Å². The molecule has 1 heterocycles. The van der Waals surface area contributed by atoms with Crippen LogP contribution in [0.3, 0.4) is 0 Å². The molecule has 0 aromatic heterocycles. The summed E-state index contributed by atoms with van der Waals surface area (Å²) in [6, 6.07) is 0. The van der Waals surface area contributed by atoms with Gasteiger partial charge in [0.1, 0.15) is 0 Å². The Kier molecular flexibility index (Phi) is 2.05. The van der Waals surface area contributed by atoms with Gasteiger partial charge in [-0.15, -0.1) is 12.4 Å². The van der Waals surface area contributed by atoms with E-state index in [0.717, 1.165) is 0 Å². The molecule has 4 heteroatoms. The normalized spacial score (nSPS) is 30.3. The van der Waals surface area contributed by atoms with Crippen LogP contribution in [0.5, 0.6) is 0 Å². The molecule has 6 heavy (non-hydrogen) atoms. The Bertz CT molecular complexity index is 49.5. The number of halogens is 1. The Morgan fingerprint density at radius 3 is 1.33 bits per heavy atom. The van der Waals surface area contributed by atoms with Crippen LogP contribution in [0.25, 0.3) is 0 Å². The van der Waals surface area contributed by atoms with E-state index in [4.69, 9.17) is 8.58 Å². The zero-order chi connectivity index (χ0) is 3.91. The van der Waals surface area contributed by atoms with Gasteiger partial charge >= 0.3 is 34.8 Å². The van der Waals surface area contributed by atoms with Gasteiger partial charge in [-0.05, 0) is 0 Å². The minimum absolute atomic E-state index is 0. The molecule has 44 valence electrons. The summed E-state index contributed by atoms with van der Waals surface area (Å²) in [4.78, 5) is 2.38. The first kappa shape index (κ1) is 6.90. The molecule has 1 fully saturated rings. The van der Waals surface area contributed by atoms with Crippen molar-refractivity contribution in [1.29, 1.82) is 0 Å². The topological polar surface area (TPSA) is 52.0 Å². The maximum absolute atomic E-state index is 5.42. The first-order valence-corrected chi connectivity index (χ1v) is 7.15. The average Bonchev–Trinajstić information content (AvgIpc) is 1.76. The van der Waals surface area contributed by atoms with Crippen molar-refractivity contribution in [2.45, 2.75) is 9.62 Å². The molecule has 1 rings (SSSR count). The fraction of sp³-hybridized carbons (Fsp3) is 1.00. The Morgan fingerprint density at radius 2 is 1.33 bits per heavy atom. The number of hydrogen-bond donors (Lipinski definition) is 2. The molecule has 0 spiro atoms. The molecule has 0 aromatic carbocycles. The summed E-state index contributed by atoms with van der Waals surface area (Å²) in [6.45, 7) is 0. The van der Waals surface area contributed by atoms with E-state index in [2.05, 4.69) is 0 Å². The van der Waals surface area contributed by atoms with E-state index in [0.29, 0.717) is 0 Å². The summed E-state index contributed by atoms with van der Waals surface area (Å²) in [7, 11) is 0. The molecule has 2 nitrogen and oxygen atoms in total. The zero-order valence-electron chi connectivity index (χ0n) is 3.29. The Morgan fingerprint density at radius 1 is 1.17 bits per heavy atom. The van der Waals surface area contributed by atoms with Crippen LogP contribution in [0.15, 0.2) is 0 Å². The predicted molar refractivity (Wildman–Crippen MR) is 25.2 cm³/mol. The van der Waals surface area contributed by atoms with Gasteiger partial charge in [0.25, 0.3) is 0 Å². The van der Waals surface area contributed by atoms with E-state index >= 15 is 0 Å². The maximum atomic E-state index is 5.42. The summed E-state index contributed by atoms with van der Waals surface area (Å²) in [5.74, 6) is 0. The van der Waals surface area contributed by atoms with Crippen molar-refractivity contribution in [2.75, 3.05) is 0 Å². The van der Waals surface area contributed by atoms with Crippen molar-refractivity contribution < 1.29 is 16.6 Å². The molecule has 4 N–H and O–H groups in total. The molecule has 1 saturated heterocycles. The van der Waals surface area contributed by atoms with E-state index in [1.165, 1.54) is 9.62 Å². The van der Waals surface area contributed by atoms with Crippen molar-refractivity contribution in [2.24, 2.45) is 8.58 Å². The van der Waals surface area contributed by atoms with Crippen molar-refractivity contribution in [1.82, 2.24) is 0 Å². The molecule has 1 aliphatic rings. The quantitative estimate of drug-likeness (QED) is 0.668. The van der Waals surface area contributed by atoms with Crippen molar-refractivity contribution in [3.8, 4) is 0 Å². The van der Waals surface area contributed by atoms with Gasteiger partial charge in [-0.3, -0.25) is 0 Å². The predicted octanol–water partition coefficient (Wildman–Crippen LogP) is 0.160. The SMILES string of the molecule is Cl.[NH2][Pt]1([NH2])[CH2][CH2]1. The first-order valence-electron chi connectivity index (χ1n) is 1.31. The van der Waals surface area contributed by atoms with Crippen LogP contribution >= 0.6 is 12.4 Å². The Labute approximate surface area is 47.5 Å². The van der Waals surface area contributed by atoms with Gasteiger partial charge in [0.2, 0.25) is 0 Å². The van der Waals surface area contributed by atoms with Crippen LogP contribution in [-0.4, -0.2) is 0 Å². The van der Waals surface area contributed by atoms with Crippen molar-refractivity contribution in [3.05, 3.63) is 0 Å². The summed E-state index contributed by atoms with van der Waals surface area (Å²) in [5, 5.41) is 0. The average molecular weight is 292 g/mol. The zero-order valence-corrected chi connectivity index (χ0v) is 6.38. The molecule has 0 bridgehead atoms. The van der Waals surface area contributed by atoms with Gasteiger partial charge in [0, 0.05) is 0 Å². The molecule has 0 aliphatic carbocycles. The van der Waals surface area contributed by atoms with Crippen LogP contribution in [0.4, 0.5) is 0 Å². The second-order valence-corrected chi connectivity index (χ2v) is 8.97. The molecular weight excluding hydrogens is 283 g/mol. The molecule has 0 atom stereocenters. The molecule has 0 amide bonds. The molecule has 0 aromatic rings. The van der Waals surface area contributed by atoms with E-state index in [9.17, 15) is 0 Å². The first-order chi connectivity index (χ1) is 2.21. The number of hydrogen-bond acceptors (Lipinski definition) is 2. The summed E-state index contributed by atoms with van der Waals surface area (Å²) >= 11 is -1.69. The summed E-state index contributed by atoms with van der Waals surface area (Å²) in [6.07, 6.45) is 0. The van der Waals surface area contributed by atoms with E-state index in [1.54, 1.807) is 0 Å². The van der Waals surface area contributed by atoms with E-state index in [-0.39, 0.29) is 12.4 Å². The fourth-order valence-electron chi connectivity index (χ4n) is 0.0577. The van der Waals surface area contributed by atoms with Crippen LogP contribution < -0.4 is 8.58 Å². The van der Waals surface area contributed by atoms with E-state index in [1.807, 2.05) is 0 Å². The van der Waals surface area contributed by atoms with Crippen molar-refractivity contribution >= 4 is 12.4 Å². The van der Waals surface area contributed by atoms with Gasteiger partial charge in [0.15, 0.2) is 0 Å². The third-order valence-corrected chi connectivity index (χ3v) is 4.28. The van der Waals surface area contributed by atoms with E-state index < -0.39 is 16.6 Å². The van der Waals surface area contributed by atoms with Crippen LogP contribution in [0.1, 0.15) is 0 Å². The molecule has 0 unspecified atom stereocenters. The van der Waals surface area contributed by atoms with Gasteiger partial charge in [-0.25, -0.2) is 0 Å². The number of nitrogens with two attached hydrogens (primary N) is 2. The second kappa shape index (κ2) is 1.79. The van der Waals surface area contributed by atoms with Crippen LogP contribution in [0, 0.1) is 0 Å². The fourth-order valence-corrected chi connectivity index (χ4v) is 3.87. The Balaban J connectivity index is 0.000000250. The second-order valence-electron chi connectivity index (χ2n) is 1.10. The molecule has 0 radical (unpaired) electrons. The van der Waals surface area contributed by atoms with Gasteiger partial charge in [-0.1, -0.05) is 0 Å². The van der Waals surface area contributed by atoms with Crippen molar-refractivity contribution in [3.63, 3.8) is 0 Å². The van der Waals surface area contributed by atoms with Crippen LogP contribution in [-0.2, 0) is 16.6 Å². The van der Waals surface area contributed by atoms with Crippen LogP contribution in [0.2, 0.25) is 9.62 Å².